The first kappa shape index (κ1) is 12.7. The van der Waals surface area contributed by atoms with Gasteiger partial charge in [0.2, 0.25) is 5.91 Å². The standard InChI is InChI=1S/C14H21N3O/c1-10(2)16-14(18)9-17-7-3-4-11-5-6-12(15)8-13(11)17/h5-6,8,10H,3-4,7,9,15H2,1-2H3,(H,16,18). The van der Waals surface area contributed by atoms with E-state index < -0.39 is 0 Å². The average molecular weight is 247 g/mol. The molecular weight excluding hydrogens is 226 g/mol. The van der Waals surface area contributed by atoms with Crippen molar-refractivity contribution in [3.63, 3.8) is 0 Å². The van der Waals surface area contributed by atoms with Crippen molar-refractivity contribution >= 4 is 17.3 Å². The van der Waals surface area contributed by atoms with E-state index in [2.05, 4.69) is 16.3 Å². The predicted molar refractivity (Wildman–Crippen MR) is 74.7 cm³/mol. The minimum Gasteiger partial charge on any atom is -0.399 e. The van der Waals surface area contributed by atoms with Gasteiger partial charge in [-0.2, -0.15) is 0 Å². The Morgan fingerprint density at radius 1 is 1.50 bits per heavy atom. The molecule has 0 fully saturated rings. The molecule has 2 rings (SSSR count). The molecule has 98 valence electrons. The highest BCUT2D eigenvalue weighted by molar-refractivity contribution is 5.82. The Morgan fingerprint density at radius 2 is 2.28 bits per heavy atom. The second-order valence-electron chi connectivity index (χ2n) is 5.14. The zero-order chi connectivity index (χ0) is 13.1. The van der Waals surface area contributed by atoms with Gasteiger partial charge in [-0.3, -0.25) is 4.79 Å². The largest absolute Gasteiger partial charge is 0.399 e. The van der Waals surface area contributed by atoms with E-state index in [1.165, 1.54) is 5.56 Å². The number of nitrogens with two attached hydrogens (primary N) is 1. The van der Waals surface area contributed by atoms with Gasteiger partial charge in [0.15, 0.2) is 0 Å². The van der Waals surface area contributed by atoms with Gasteiger partial charge in [0.1, 0.15) is 0 Å². The van der Waals surface area contributed by atoms with Crippen LogP contribution in [-0.4, -0.2) is 25.0 Å². The molecule has 0 aromatic heterocycles. The number of nitrogens with one attached hydrogen (secondary N) is 1. The Bertz CT molecular complexity index is 443. The summed E-state index contributed by atoms with van der Waals surface area (Å²) in [5.41, 5.74) is 8.98. The van der Waals surface area contributed by atoms with E-state index in [9.17, 15) is 4.79 Å². The van der Waals surface area contributed by atoms with Crippen molar-refractivity contribution in [3.05, 3.63) is 23.8 Å². The molecule has 4 nitrogen and oxygen atoms in total. The minimum absolute atomic E-state index is 0.0697. The van der Waals surface area contributed by atoms with Crippen LogP contribution in [-0.2, 0) is 11.2 Å². The van der Waals surface area contributed by atoms with Crippen LogP contribution in [0.2, 0.25) is 0 Å². The van der Waals surface area contributed by atoms with Crippen LogP contribution in [0.15, 0.2) is 18.2 Å². The summed E-state index contributed by atoms with van der Waals surface area (Å²) in [4.78, 5) is 14.0. The Morgan fingerprint density at radius 3 is 3.00 bits per heavy atom. The summed E-state index contributed by atoms with van der Waals surface area (Å²) in [6, 6.07) is 6.15. The molecule has 4 heteroatoms. The fourth-order valence-corrected chi connectivity index (χ4v) is 2.37. The number of amides is 1. The second-order valence-corrected chi connectivity index (χ2v) is 5.14. The molecular formula is C14H21N3O. The molecule has 0 atom stereocenters. The van der Waals surface area contributed by atoms with Gasteiger partial charge in [-0.05, 0) is 44.4 Å². The fraction of sp³-hybridized carbons (Fsp3) is 0.500. The molecule has 1 aliphatic heterocycles. The molecule has 0 spiro atoms. The first-order valence-corrected chi connectivity index (χ1v) is 6.49. The maximum Gasteiger partial charge on any atom is 0.239 e. The lowest BCUT2D eigenvalue weighted by molar-refractivity contribution is -0.120. The summed E-state index contributed by atoms with van der Waals surface area (Å²) in [6.07, 6.45) is 2.16. The number of hydrogen-bond donors (Lipinski definition) is 2. The van der Waals surface area contributed by atoms with Crippen LogP contribution in [0.4, 0.5) is 11.4 Å². The molecule has 0 aliphatic carbocycles. The number of fused-ring (bicyclic) bond motifs is 1. The van der Waals surface area contributed by atoms with Gasteiger partial charge in [-0.15, -0.1) is 0 Å². The SMILES string of the molecule is CC(C)NC(=O)CN1CCCc2ccc(N)cc21. The number of nitrogens with zero attached hydrogens (tertiary/aromatic N) is 1. The summed E-state index contributed by atoms with van der Waals surface area (Å²) in [6.45, 7) is 5.27. The van der Waals surface area contributed by atoms with Crippen LogP contribution in [0.1, 0.15) is 25.8 Å². The first-order valence-electron chi connectivity index (χ1n) is 6.49. The second kappa shape index (κ2) is 5.29. The third-order valence-electron chi connectivity index (χ3n) is 3.11. The Hall–Kier alpha value is -1.71. The Kier molecular flexibility index (Phi) is 3.75. The number of carbonyl (C=O) groups is 1. The van der Waals surface area contributed by atoms with E-state index in [-0.39, 0.29) is 11.9 Å². The number of benzene rings is 1. The van der Waals surface area contributed by atoms with Gasteiger partial charge < -0.3 is 16.0 Å². The van der Waals surface area contributed by atoms with Crippen molar-refractivity contribution in [2.45, 2.75) is 32.7 Å². The van der Waals surface area contributed by atoms with Crippen molar-refractivity contribution in [3.8, 4) is 0 Å². The third kappa shape index (κ3) is 2.94. The molecule has 0 saturated heterocycles. The maximum absolute atomic E-state index is 11.8. The number of carbonyl (C=O) groups excluding carboxylic acids is 1. The van der Waals surface area contributed by atoms with E-state index in [4.69, 9.17) is 5.73 Å². The molecule has 0 radical (unpaired) electrons. The molecule has 1 amide bonds. The lowest BCUT2D eigenvalue weighted by atomic mass is 10.0. The maximum atomic E-state index is 11.8. The quantitative estimate of drug-likeness (QED) is 0.797. The van der Waals surface area contributed by atoms with Crippen molar-refractivity contribution < 1.29 is 4.79 Å². The van der Waals surface area contributed by atoms with Gasteiger partial charge in [-0.1, -0.05) is 6.07 Å². The molecule has 1 heterocycles. The number of rotatable bonds is 3. The number of anilines is 2. The average Bonchev–Trinajstić information content (AvgIpc) is 2.28. The summed E-state index contributed by atoms with van der Waals surface area (Å²) in [5.74, 6) is 0.0697. The summed E-state index contributed by atoms with van der Waals surface area (Å²) in [7, 11) is 0. The van der Waals surface area contributed by atoms with E-state index in [0.29, 0.717) is 6.54 Å². The van der Waals surface area contributed by atoms with Crippen LogP contribution in [0.25, 0.3) is 0 Å². The van der Waals surface area contributed by atoms with Crippen LogP contribution < -0.4 is 16.0 Å². The highest BCUT2D eigenvalue weighted by atomic mass is 16.2. The highest BCUT2D eigenvalue weighted by Gasteiger charge is 2.19. The van der Waals surface area contributed by atoms with Gasteiger partial charge in [0.05, 0.1) is 6.54 Å². The molecule has 1 aromatic rings. The lowest BCUT2D eigenvalue weighted by Crippen LogP contribution is -2.42. The molecule has 0 unspecified atom stereocenters. The molecule has 1 aliphatic rings. The van der Waals surface area contributed by atoms with E-state index in [1.807, 2.05) is 26.0 Å². The van der Waals surface area contributed by atoms with Gasteiger partial charge in [0.25, 0.3) is 0 Å². The topological polar surface area (TPSA) is 58.4 Å². The molecule has 18 heavy (non-hydrogen) atoms. The third-order valence-corrected chi connectivity index (χ3v) is 3.11. The van der Waals surface area contributed by atoms with E-state index in [0.717, 1.165) is 30.8 Å². The number of hydrogen-bond acceptors (Lipinski definition) is 3. The predicted octanol–water partition coefficient (Wildman–Crippen LogP) is 1.55. The highest BCUT2D eigenvalue weighted by Crippen LogP contribution is 2.28. The van der Waals surface area contributed by atoms with E-state index in [1.54, 1.807) is 0 Å². The monoisotopic (exact) mass is 247 g/mol. The Balaban J connectivity index is 2.12. The van der Waals surface area contributed by atoms with Gasteiger partial charge in [-0.25, -0.2) is 0 Å². The van der Waals surface area contributed by atoms with Crippen LogP contribution in [0.5, 0.6) is 0 Å². The number of aryl methyl sites for hydroxylation is 1. The zero-order valence-electron chi connectivity index (χ0n) is 11.1. The zero-order valence-corrected chi connectivity index (χ0v) is 11.1. The summed E-state index contributed by atoms with van der Waals surface area (Å²) >= 11 is 0. The molecule has 0 bridgehead atoms. The minimum atomic E-state index is 0.0697. The lowest BCUT2D eigenvalue weighted by Gasteiger charge is -2.31. The molecule has 1 aromatic carbocycles. The van der Waals surface area contributed by atoms with Crippen LogP contribution in [0, 0.1) is 0 Å². The smallest absolute Gasteiger partial charge is 0.239 e. The fourth-order valence-electron chi connectivity index (χ4n) is 2.37. The normalized spacial score (nSPS) is 14.5. The van der Waals surface area contributed by atoms with Crippen molar-refractivity contribution in [1.29, 1.82) is 0 Å². The number of nitrogen functional groups attached to an aromatic ring is 1. The van der Waals surface area contributed by atoms with Gasteiger partial charge >= 0.3 is 0 Å². The summed E-state index contributed by atoms with van der Waals surface area (Å²) in [5, 5.41) is 2.92. The van der Waals surface area contributed by atoms with Crippen LogP contribution in [0.3, 0.4) is 0 Å². The Labute approximate surface area is 108 Å². The summed E-state index contributed by atoms with van der Waals surface area (Å²) < 4.78 is 0. The van der Waals surface area contributed by atoms with E-state index >= 15 is 0 Å². The van der Waals surface area contributed by atoms with Crippen molar-refractivity contribution in [2.75, 3.05) is 23.7 Å². The van der Waals surface area contributed by atoms with Crippen LogP contribution >= 0.6 is 0 Å². The first-order chi connectivity index (χ1) is 8.56. The van der Waals surface area contributed by atoms with Crippen molar-refractivity contribution in [2.24, 2.45) is 0 Å². The molecule has 0 saturated carbocycles. The van der Waals surface area contributed by atoms with Crippen molar-refractivity contribution in [1.82, 2.24) is 5.32 Å². The molecule has 3 N–H and O–H groups in total. The van der Waals surface area contributed by atoms with Gasteiger partial charge in [0, 0.05) is 24.0 Å².